The van der Waals surface area contributed by atoms with Gasteiger partial charge in [0.1, 0.15) is 11.5 Å². The Balaban J connectivity index is 1.67. The van der Waals surface area contributed by atoms with E-state index in [1.807, 2.05) is 48.5 Å². The second-order valence-corrected chi connectivity index (χ2v) is 7.34. The molecule has 5 nitrogen and oxygen atoms in total. The maximum atomic E-state index is 12.6. The summed E-state index contributed by atoms with van der Waals surface area (Å²) in [4.78, 5) is 12.6. The van der Waals surface area contributed by atoms with E-state index in [-0.39, 0.29) is 11.9 Å². The lowest BCUT2D eigenvalue weighted by atomic mass is 9.97. The van der Waals surface area contributed by atoms with Crippen LogP contribution in [0.2, 0.25) is 0 Å². The van der Waals surface area contributed by atoms with Gasteiger partial charge in [0.15, 0.2) is 0 Å². The molecule has 150 valence electrons. The second-order valence-electron chi connectivity index (χ2n) is 7.34. The Bertz CT molecular complexity index is 737. The molecule has 1 aliphatic rings. The fraction of sp³-hybridized carbons (Fsp3) is 0.435. The van der Waals surface area contributed by atoms with Crippen LogP contribution in [0.4, 0.5) is 0 Å². The van der Waals surface area contributed by atoms with Crippen molar-refractivity contribution in [1.82, 2.24) is 10.6 Å². The predicted molar refractivity (Wildman–Crippen MR) is 111 cm³/mol. The van der Waals surface area contributed by atoms with Gasteiger partial charge >= 0.3 is 0 Å². The molecular formula is C23H30N2O3. The first-order valence-corrected chi connectivity index (χ1v) is 9.95. The topological polar surface area (TPSA) is 59.6 Å². The van der Waals surface area contributed by atoms with Gasteiger partial charge in [0, 0.05) is 6.42 Å². The molecule has 1 heterocycles. The van der Waals surface area contributed by atoms with Crippen molar-refractivity contribution in [2.24, 2.45) is 5.92 Å². The van der Waals surface area contributed by atoms with Crippen LogP contribution in [-0.2, 0) is 11.2 Å². The Morgan fingerprint density at radius 1 is 1.07 bits per heavy atom. The summed E-state index contributed by atoms with van der Waals surface area (Å²) >= 11 is 0. The van der Waals surface area contributed by atoms with Crippen LogP contribution < -0.4 is 20.1 Å². The van der Waals surface area contributed by atoms with E-state index >= 15 is 0 Å². The lowest BCUT2D eigenvalue weighted by Crippen LogP contribution is -2.30. The zero-order valence-electron chi connectivity index (χ0n) is 16.7. The molecule has 0 bridgehead atoms. The summed E-state index contributed by atoms with van der Waals surface area (Å²) in [6.45, 7) is 2.10. The Hall–Kier alpha value is -2.53. The lowest BCUT2D eigenvalue weighted by molar-refractivity contribution is -0.122. The first-order valence-electron chi connectivity index (χ1n) is 9.95. The van der Waals surface area contributed by atoms with Crippen molar-refractivity contribution in [2.75, 3.05) is 27.3 Å². The van der Waals surface area contributed by atoms with Crippen molar-refractivity contribution in [3.8, 4) is 11.5 Å². The van der Waals surface area contributed by atoms with Gasteiger partial charge in [-0.2, -0.15) is 0 Å². The fourth-order valence-electron chi connectivity index (χ4n) is 3.65. The third-order valence-electron chi connectivity index (χ3n) is 5.39. The van der Waals surface area contributed by atoms with Crippen molar-refractivity contribution < 1.29 is 14.3 Å². The van der Waals surface area contributed by atoms with E-state index in [1.165, 1.54) is 6.42 Å². The molecule has 2 aromatic carbocycles. The van der Waals surface area contributed by atoms with Gasteiger partial charge in [0.05, 0.1) is 20.3 Å². The highest BCUT2D eigenvalue weighted by molar-refractivity contribution is 5.76. The zero-order chi connectivity index (χ0) is 19.8. The van der Waals surface area contributed by atoms with E-state index < -0.39 is 0 Å². The summed E-state index contributed by atoms with van der Waals surface area (Å²) < 4.78 is 10.5. The Morgan fingerprint density at radius 3 is 2.29 bits per heavy atom. The molecule has 0 aromatic heterocycles. The van der Waals surface area contributed by atoms with E-state index in [4.69, 9.17) is 9.47 Å². The number of hydrogen-bond acceptors (Lipinski definition) is 4. The van der Waals surface area contributed by atoms with Crippen LogP contribution in [0.15, 0.2) is 48.5 Å². The van der Waals surface area contributed by atoms with E-state index in [0.717, 1.165) is 48.6 Å². The number of methoxy groups -OCH3 is 2. The number of rotatable bonds is 9. The highest BCUT2D eigenvalue weighted by Gasteiger charge is 2.19. The number of carbonyl (C=O) groups excluding carboxylic acids is 1. The molecule has 1 saturated heterocycles. The van der Waals surface area contributed by atoms with Crippen LogP contribution >= 0.6 is 0 Å². The molecule has 0 spiro atoms. The molecule has 2 unspecified atom stereocenters. The third kappa shape index (κ3) is 5.73. The number of hydrogen-bond donors (Lipinski definition) is 2. The number of ether oxygens (including phenoxy) is 2. The summed E-state index contributed by atoms with van der Waals surface area (Å²) in [7, 11) is 3.32. The van der Waals surface area contributed by atoms with Gasteiger partial charge in [-0.15, -0.1) is 0 Å². The predicted octanol–water partition coefficient (Wildman–Crippen LogP) is 3.49. The molecule has 2 atom stereocenters. The first-order chi connectivity index (χ1) is 13.7. The first kappa shape index (κ1) is 20.2. The molecule has 3 rings (SSSR count). The van der Waals surface area contributed by atoms with Crippen molar-refractivity contribution in [2.45, 2.75) is 31.7 Å². The average Bonchev–Trinajstić information content (AvgIpc) is 3.26. The van der Waals surface area contributed by atoms with Gasteiger partial charge in [0.2, 0.25) is 5.91 Å². The maximum absolute atomic E-state index is 12.6. The molecule has 0 radical (unpaired) electrons. The van der Waals surface area contributed by atoms with Gasteiger partial charge in [-0.1, -0.05) is 24.3 Å². The molecule has 2 N–H and O–H groups in total. The van der Waals surface area contributed by atoms with E-state index in [0.29, 0.717) is 12.3 Å². The maximum Gasteiger partial charge on any atom is 0.220 e. The summed E-state index contributed by atoms with van der Waals surface area (Å²) in [6.07, 6.45) is 3.41. The monoisotopic (exact) mass is 382 g/mol. The molecular weight excluding hydrogens is 352 g/mol. The highest BCUT2D eigenvalue weighted by Crippen LogP contribution is 2.23. The van der Waals surface area contributed by atoms with Gasteiger partial charge in [-0.05, 0) is 73.7 Å². The van der Waals surface area contributed by atoms with Crippen molar-refractivity contribution in [3.63, 3.8) is 0 Å². The molecule has 0 saturated carbocycles. The fourth-order valence-corrected chi connectivity index (χ4v) is 3.65. The third-order valence-corrected chi connectivity index (χ3v) is 5.39. The van der Waals surface area contributed by atoms with Crippen LogP contribution in [0.25, 0.3) is 0 Å². The van der Waals surface area contributed by atoms with Crippen LogP contribution in [0.3, 0.4) is 0 Å². The molecule has 1 fully saturated rings. The summed E-state index contributed by atoms with van der Waals surface area (Å²) in [5.41, 5.74) is 2.23. The van der Waals surface area contributed by atoms with Crippen LogP contribution in [0.1, 0.15) is 36.4 Å². The Kier molecular flexibility index (Phi) is 7.31. The van der Waals surface area contributed by atoms with Gasteiger partial charge in [-0.3, -0.25) is 4.79 Å². The minimum Gasteiger partial charge on any atom is -0.497 e. The Morgan fingerprint density at radius 2 is 1.71 bits per heavy atom. The minimum absolute atomic E-state index is 0.0755. The highest BCUT2D eigenvalue weighted by atomic mass is 16.5. The van der Waals surface area contributed by atoms with Crippen LogP contribution in [0, 0.1) is 5.92 Å². The number of carbonyl (C=O) groups is 1. The summed E-state index contributed by atoms with van der Waals surface area (Å²) in [5, 5.41) is 6.60. The average molecular weight is 383 g/mol. The van der Waals surface area contributed by atoms with Crippen molar-refractivity contribution in [3.05, 3.63) is 59.7 Å². The molecule has 5 heteroatoms. The molecule has 1 amide bonds. The van der Waals surface area contributed by atoms with Crippen molar-refractivity contribution in [1.29, 1.82) is 0 Å². The Labute approximate surface area is 167 Å². The summed E-state index contributed by atoms with van der Waals surface area (Å²) in [6, 6.07) is 15.8. The van der Waals surface area contributed by atoms with E-state index in [2.05, 4.69) is 10.6 Å². The SMILES string of the molecule is COc1ccc(CC(NC(=O)CCC2CCNC2)c2ccc(OC)cc2)cc1. The number of amides is 1. The van der Waals surface area contributed by atoms with Gasteiger partial charge in [0.25, 0.3) is 0 Å². The van der Waals surface area contributed by atoms with Gasteiger partial charge < -0.3 is 20.1 Å². The quantitative estimate of drug-likeness (QED) is 0.697. The number of benzene rings is 2. The summed E-state index contributed by atoms with van der Waals surface area (Å²) in [5.74, 6) is 2.37. The molecule has 2 aromatic rings. The molecule has 28 heavy (non-hydrogen) atoms. The zero-order valence-corrected chi connectivity index (χ0v) is 16.7. The second kappa shape index (κ2) is 10.1. The molecule has 0 aliphatic carbocycles. The molecule has 1 aliphatic heterocycles. The van der Waals surface area contributed by atoms with Gasteiger partial charge in [-0.25, -0.2) is 0 Å². The van der Waals surface area contributed by atoms with E-state index in [1.54, 1.807) is 14.2 Å². The van der Waals surface area contributed by atoms with Crippen molar-refractivity contribution >= 4 is 5.91 Å². The smallest absolute Gasteiger partial charge is 0.220 e. The normalized spacial score (nSPS) is 17.1. The number of nitrogens with one attached hydrogen (secondary N) is 2. The standard InChI is InChI=1S/C23H30N2O3/c1-27-20-8-3-17(4-9-20)15-22(19-6-10-21(28-2)11-7-19)25-23(26)12-5-18-13-14-24-16-18/h3-4,6-11,18,22,24H,5,12-16H2,1-2H3,(H,25,26). The lowest BCUT2D eigenvalue weighted by Gasteiger charge is -2.20. The largest absolute Gasteiger partial charge is 0.497 e. The van der Waals surface area contributed by atoms with Crippen LogP contribution in [-0.4, -0.2) is 33.2 Å². The van der Waals surface area contributed by atoms with E-state index in [9.17, 15) is 4.79 Å². The minimum atomic E-state index is -0.0755. The van der Waals surface area contributed by atoms with Crippen LogP contribution in [0.5, 0.6) is 11.5 Å².